The number of hydrogen-bond acceptors (Lipinski definition) is 5. The molecule has 0 aliphatic carbocycles. The fraction of sp³-hybridized carbons (Fsp3) is 0.692. The molecule has 6 nitrogen and oxygen atoms in total. The molecule has 2 rings (SSSR count). The Balaban J connectivity index is 1.78. The second-order valence-corrected chi connectivity index (χ2v) is 6.90. The monoisotopic (exact) mass is 301 g/mol. The summed E-state index contributed by atoms with van der Waals surface area (Å²) in [5.74, 6) is 0.583. The van der Waals surface area contributed by atoms with Gasteiger partial charge in [-0.3, -0.25) is 0 Å². The van der Waals surface area contributed by atoms with Crippen molar-refractivity contribution in [2.24, 2.45) is 5.14 Å². The van der Waals surface area contributed by atoms with E-state index < -0.39 is 10.0 Å². The third-order valence-corrected chi connectivity index (χ3v) is 4.30. The molecule has 1 aliphatic heterocycles. The number of nitrogens with zero attached hydrogens (tertiary/aromatic N) is 1. The Morgan fingerprint density at radius 2 is 2.05 bits per heavy atom. The summed E-state index contributed by atoms with van der Waals surface area (Å²) in [6, 6.07) is 3.36. The quantitative estimate of drug-likeness (QED) is 0.814. The predicted molar refractivity (Wildman–Crippen MR) is 76.7 cm³/mol. The van der Waals surface area contributed by atoms with Gasteiger partial charge in [-0.05, 0) is 45.0 Å². The van der Waals surface area contributed by atoms with Crippen LogP contribution in [0.4, 0.5) is 0 Å². The van der Waals surface area contributed by atoms with Gasteiger partial charge >= 0.3 is 0 Å². The van der Waals surface area contributed by atoms with Gasteiger partial charge in [0, 0.05) is 12.6 Å². The topological polar surface area (TPSA) is 88.6 Å². The minimum atomic E-state index is -3.75. The summed E-state index contributed by atoms with van der Waals surface area (Å²) in [7, 11) is -3.75. The predicted octanol–water partition coefficient (Wildman–Crippen LogP) is 0.891. The van der Waals surface area contributed by atoms with Gasteiger partial charge in [0.25, 0.3) is 10.0 Å². The molecule has 1 aliphatic rings. The van der Waals surface area contributed by atoms with Crippen LogP contribution in [0.3, 0.4) is 0 Å². The van der Waals surface area contributed by atoms with Gasteiger partial charge in [0.2, 0.25) is 5.09 Å². The Hall–Kier alpha value is -0.890. The second kappa shape index (κ2) is 6.71. The molecule has 0 amide bonds. The molecule has 1 atom stereocenters. The number of nitrogens with one attached hydrogen (secondary N) is 1. The third kappa shape index (κ3) is 4.59. The highest BCUT2D eigenvalue weighted by atomic mass is 32.2. The zero-order valence-corrected chi connectivity index (χ0v) is 12.7. The van der Waals surface area contributed by atoms with Crippen molar-refractivity contribution in [3.63, 3.8) is 0 Å². The molecule has 1 aromatic rings. The first-order valence-corrected chi connectivity index (χ1v) is 8.57. The van der Waals surface area contributed by atoms with Crippen LogP contribution in [0, 0.1) is 0 Å². The van der Waals surface area contributed by atoms with Gasteiger partial charge in [0.05, 0.1) is 6.54 Å². The maximum Gasteiger partial charge on any atom is 0.271 e. The van der Waals surface area contributed by atoms with Gasteiger partial charge in [-0.15, -0.1) is 0 Å². The lowest BCUT2D eigenvalue weighted by Gasteiger charge is -2.29. The molecular weight excluding hydrogens is 278 g/mol. The van der Waals surface area contributed by atoms with Crippen LogP contribution in [-0.2, 0) is 16.6 Å². The molecule has 0 bridgehead atoms. The standard InChI is InChI=1S/C13H23N3O3S/c1-11(10-16-7-3-2-4-8-16)15-9-12-5-6-13(19-12)20(14,17)18/h5-6,11,15H,2-4,7-10H2,1H3,(H2,14,17,18). The molecule has 0 saturated carbocycles. The highest BCUT2D eigenvalue weighted by Gasteiger charge is 2.15. The molecule has 0 spiro atoms. The van der Waals surface area contributed by atoms with E-state index in [1.54, 1.807) is 6.07 Å². The van der Waals surface area contributed by atoms with E-state index >= 15 is 0 Å². The Kier molecular flexibility index (Phi) is 5.20. The molecule has 1 saturated heterocycles. The summed E-state index contributed by atoms with van der Waals surface area (Å²) in [5, 5.41) is 8.16. The van der Waals surface area contributed by atoms with Crippen molar-refractivity contribution in [1.29, 1.82) is 0 Å². The zero-order chi connectivity index (χ0) is 14.6. The van der Waals surface area contributed by atoms with Gasteiger partial charge in [0.15, 0.2) is 0 Å². The van der Waals surface area contributed by atoms with Crippen molar-refractivity contribution >= 4 is 10.0 Å². The molecule has 1 unspecified atom stereocenters. The van der Waals surface area contributed by atoms with Crippen molar-refractivity contribution < 1.29 is 12.8 Å². The first-order valence-electron chi connectivity index (χ1n) is 7.02. The minimum absolute atomic E-state index is 0.182. The van der Waals surface area contributed by atoms with Gasteiger partial charge < -0.3 is 14.6 Å². The first kappa shape index (κ1) is 15.5. The van der Waals surface area contributed by atoms with Crippen LogP contribution in [0.15, 0.2) is 21.6 Å². The molecular formula is C13H23N3O3S. The van der Waals surface area contributed by atoms with E-state index in [1.807, 2.05) is 0 Å². The highest BCUT2D eigenvalue weighted by Crippen LogP contribution is 2.12. The second-order valence-electron chi connectivity index (χ2n) is 5.41. The molecule has 2 heterocycles. The van der Waals surface area contributed by atoms with E-state index in [4.69, 9.17) is 9.56 Å². The van der Waals surface area contributed by atoms with Crippen LogP contribution >= 0.6 is 0 Å². The summed E-state index contributed by atoms with van der Waals surface area (Å²) in [5.41, 5.74) is 0. The number of sulfonamides is 1. The molecule has 3 N–H and O–H groups in total. The molecule has 0 radical (unpaired) electrons. The van der Waals surface area contributed by atoms with E-state index in [1.165, 1.54) is 38.4 Å². The van der Waals surface area contributed by atoms with E-state index in [0.717, 1.165) is 6.54 Å². The van der Waals surface area contributed by atoms with Crippen LogP contribution in [0.25, 0.3) is 0 Å². The smallest absolute Gasteiger partial charge is 0.271 e. The number of likely N-dealkylation sites (tertiary alicyclic amines) is 1. The van der Waals surface area contributed by atoms with E-state index in [2.05, 4.69) is 17.1 Å². The Morgan fingerprint density at radius 3 is 2.65 bits per heavy atom. The van der Waals surface area contributed by atoms with Gasteiger partial charge in [-0.25, -0.2) is 13.6 Å². The van der Waals surface area contributed by atoms with Crippen LogP contribution in [-0.4, -0.2) is 39.0 Å². The molecule has 0 aromatic carbocycles. The minimum Gasteiger partial charge on any atom is -0.447 e. The van der Waals surface area contributed by atoms with Crippen LogP contribution in [0.2, 0.25) is 0 Å². The van der Waals surface area contributed by atoms with Gasteiger partial charge in [0.1, 0.15) is 5.76 Å². The Morgan fingerprint density at radius 1 is 1.35 bits per heavy atom. The number of primary sulfonamides is 1. The van der Waals surface area contributed by atoms with Crippen LogP contribution < -0.4 is 10.5 Å². The SMILES string of the molecule is CC(CN1CCCCC1)NCc1ccc(S(N)(=O)=O)o1. The summed E-state index contributed by atoms with van der Waals surface area (Å²) >= 11 is 0. The zero-order valence-electron chi connectivity index (χ0n) is 11.8. The third-order valence-electron chi connectivity index (χ3n) is 3.52. The summed E-state index contributed by atoms with van der Waals surface area (Å²) in [6.45, 7) is 5.97. The van der Waals surface area contributed by atoms with Crippen LogP contribution in [0.1, 0.15) is 31.9 Å². The largest absolute Gasteiger partial charge is 0.447 e. The number of furan rings is 1. The Bertz CT molecular complexity index is 521. The van der Waals surface area contributed by atoms with E-state index in [0.29, 0.717) is 18.3 Å². The van der Waals surface area contributed by atoms with Crippen molar-refractivity contribution in [3.05, 3.63) is 17.9 Å². The van der Waals surface area contributed by atoms with E-state index in [9.17, 15) is 8.42 Å². The number of rotatable bonds is 6. The van der Waals surface area contributed by atoms with Crippen molar-refractivity contribution in [1.82, 2.24) is 10.2 Å². The normalized spacial score (nSPS) is 19.1. The van der Waals surface area contributed by atoms with Gasteiger partial charge in [-0.2, -0.15) is 0 Å². The van der Waals surface area contributed by atoms with E-state index in [-0.39, 0.29) is 5.09 Å². The molecule has 7 heteroatoms. The maximum atomic E-state index is 11.1. The lowest BCUT2D eigenvalue weighted by Crippen LogP contribution is -2.41. The molecule has 1 fully saturated rings. The Labute approximate surface area is 120 Å². The fourth-order valence-corrected chi connectivity index (χ4v) is 2.96. The molecule has 1 aromatic heterocycles. The highest BCUT2D eigenvalue weighted by molar-refractivity contribution is 7.89. The number of hydrogen-bond donors (Lipinski definition) is 2. The molecule has 114 valence electrons. The van der Waals surface area contributed by atoms with Crippen molar-refractivity contribution in [2.45, 2.75) is 43.9 Å². The summed E-state index contributed by atoms with van der Waals surface area (Å²) < 4.78 is 27.4. The van der Waals surface area contributed by atoms with Crippen molar-refractivity contribution in [2.75, 3.05) is 19.6 Å². The number of piperidine rings is 1. The lowest BCUT2D eigenvalue weighted by molar-refractivity contribution is 0.207. The average molecular weight is 301 g/mol. The fourth-order valence-electron chi connectivity index (χ4n) is 2.47. The van der Waals surface area contributed by atoms with Gasteiger partial charge in [-0.1, -0.05) is 6.42 Å². The molecule has 20 heavy (non-hydrogen) atoms. The van der Waals surface area contributed by atoms with Crippen molar-refractivity contribution in [3.8, 4) is 0 Å². The lowest BCUT2D eigenvalue weighted by atomic mass is 10.1. The number of nitrogens with two attached hydrogens (primary N) is 1. The first-order chi connectivity index (χ1) is 9.45. The summed E-state index contributed by atoms with van der Waals surface area (Å²) in [4.78, 5) is 2.46. The van der Waals surface area contributed by atoms with Crippen LogP contribution in [0.5, 0.6) is 0 Å². The summed E-state index contributed by atoms with van der Waals surface area (Å²) in [6.07, 6.45) is 3.90. The maximum absolute atomic E-state index is 11.1. The average Bonchev–Trinajstić information content (AvgIpc) is 2.86.